The molecule has 1 unspecified atom stereocenters. The lowest BCUT2D eigenvalue weighted by Gasteiger charge is -2.19. The van der Waals surface area contributed by atoms with E-state index in [0.717, 1.165) is 23.7 Å². The minimum atomic E-state index is -0.0654. The van der Waals surface area contributed by atoms with E-state index in [1.165, 1.54) is 0 Å². The quantitative estimate of drug-likeness (QED) is 0.725. The van der Waals surface area contributed by atoms with Gasteiger partial charge in [0.2, 0.25) is 0 Å². The van der Waals surface area contributed by atoms with Gasteiger partial charge in [0.25, 0.3) is 0 Å². The number of aromatic nitrogens is 1. The van der Waals surface area contributed by atoms with Crippen LogP contribution in [0.15, 0.2) is 48.7 Å². The normalized spacial score (nSPS) is 12.0. The molecule has 1 N–H and O–H groups in total. The average molecular weight is 330 g/mol. The zero-order valence-electron chi connectivity index (χ0n) is 14.4. The fourth-order valence-corrected chi connectivity index (χ4v) is 2.44. The molecule has 1 atom stereocenters. The lowest BCUT2D eigenvalue weighted by atomic mass is 10.1. The summed E-state index contributed by atoms with van der Waals surface area (Å²) in [6.45, 7) is 4.04. The molecule has 24 heavy (non-hydrogen) atoms. The zero-order chi connectivity index (χ0) is 17.2. The van der Waals surface area contributed by atoms with Crippen molar-refractivity contribution >= 4 is 5.82 Å². The van der Waals surface area contributed by atoms with Gasteiger partial charge in [0.05, 0.1) is 12.6 Å². The van der Waals surface area contributed by atoms with Gasteiger partial charge in [-0.15, -0.1) is 0 Å². The van der Waals surface area contributed by atoms with E-state index in [4.69, 9.17) is 14.6 Å². The second kappa shape index (κ2) is 9.90. The Morgan fingerprint density at radius 2 is 1.96 bits per heavy atom. The third kappa shape index (κ3) is 5.51. The fourth-order valence-electron chi connectivity index (χ4n) is 2.44. The average Bonchev–Trinajstić information content (AvgIpc) is 2.63. The standard InChI is InChI=1S/C19H26N2O3/c1-3-23-18(11-14-22)16-7-9-17(10-8-16)24-15-13-21(2)19-6-4-5-12-20-19/h4-10,12,18,22H,3,11,13-15H2,1-2H3. The number of benzene rings is 1. The van der Waals surface area contributed by atoms with Gasteiger partial charge in [-0.05, 0) is 36.8 Å². The highest BCUT2D eigenvalue weighted by atomic mass is 16.5. The summed E-state index contributed by atoms with van der Waals surface area (Å²) >= 11 is 0. The predicted molar refractivity (Wildman–Crippen MR) is 95.5 cm³/mol. The summed E-state index contributed by atoms with van der Waals surface area (Å²) in [7, 11) is 2.00. The summed E-state index contributed by atoms with van der Waals surface area (Å²) in [5.74, 6) is 1.76. The Balaban J connectivity index is 1.83. The van der Waals surface area contributed by atoms with Crippen LogP contribution in [0.5, 0.6) is 5.75 Å². The summed E-state index contributed by atoms with van der Waals surface area (Å²) in [5.41, 5.74) is 1.06. The van der Waals surface area contributed by atoms with Crippen LogP contribution in [-0.2, 0) is 4.74 Å². The molecule has 0 saturated heterocycles. The maximum atomic E-state index is 9.13. The van der Waals surface area contributed by atoms with Gasteiger partial charge in [-0.25, -0.2) is 4.98 Å². The maximum Gasteiger partial charge on any atom is 0.128 e. The first kappa shape index (κ1) is 18.2. The van der Waals surface area contributed by atoms with Crippen molar-refractivity contribution < 1.29 is 14.6 Å². The van der Waals surface area contributed by atoms with Crippen molar-refractivity contribution in [2.75, 3.05) is 38.3 Å². The first-order valence-corrected chi connectivity index (χ1v) is 8.32. The van der Waals surface area contributed by atoms with Crippen LogP contribution < -0.4 is 9.64 Å². The lowest BCUT2D eigenvalue weighted by Crippen LogP contribution is -2.24. The van der Waals surface area contributed by atoms with E-state index in [2.05, 4.69) is 9.88 Å². The van der Waals surface area contributed by atoms with E-state index in [-0.39, 0.29) is 12.7 Å². The van der Waals surface area contributed by atoms with E-state index in [0.29, 0.717) is 19.6 Å². The number of aliphatic hydroxyl groups is 1. The third-order valence-electron chi connectivity index (χ3n) is 3.75. The smallest absolute Gasteiger partial charge is 0.128 e. The first-order chi connectivity index (χ1) is 11.7. The Morgan fingerprint density at radius 1 is 1.17 bits per heavy atom. The molecule has 2 rings (SSSR count). The van der Waals surface area contributed by atoms with Crippen LogP contribution in [0, 0.1) is 0 Å². The second-order valence-corrected chi connectivity index (χ2v) is 5.48. The van der Waals surface area contributed by atoms with Crippen LogP contribution in [0.2, 0.25) is 0 Å². The molecule has 2 aromatic rings. The van der Waals surface area contributed by atoms with Gasteiger partial charge in [-0.3, -0.25) is 0 Å². The second-order valence-electron chi connectivity index (χ2n) is 5.48. The van der Waals surface area contributed by atoms with Crippen LogP contribution in [0.25, 0.3) is 0 Å². The van der Waals surface area contributed by atoms with E-state index < -0.39 is 0 Å². The largest absolute Gasteiger partial charge is 0.492 e. The van der Waals surface area contributed by atoms with E-state index in [1.54, 1.807) is 6.20 Å². The Labute approximate surface area is 143 Å². The highest BCUT2D eigenvalue weighted by Crippen LogP contribution is 2.23. The molecule has 5 nitrogen and oxygen atoms in total. The van der Waals surface area contributed by atoms with Crippen LogP contribution >= 0.6 is 0 Å². The first-order valence-electron chi connectivity index (χ1n) is 8.32. The fraction of sp³-hybridized carbons (Fsp3) is 0.421. The molecule has 0 amide bonds. The summed E-state index contributed by atoms with van der Waals surface area (Å²) in [6.07, 6.45) is 2.32. The molecule has 0 bridgehead atoms. The number of aliphatic hydroxyl groups excluding tert-OH is 1. The highest BCUT2D eigenvalue weighted by Gasteiger charge is 2.11. The van der Waals surface area contributed by atoms with Crippen molar-refractivity contribution in [2.24, 2.45) is 0 Å². The molecule has 1 aromatic carbocycles. The van der Waals surface area contributed by atoms with Gasteiger partial charge in [0.1, 0.15) is 18.2 Å². The van der Waals surface area contributed by atoms with Crippen molar-refractivity contribution in [1.82, 2.24) is 4.98 Å². The van der Waals surface area contributed by atoms with Crippen LogP contribution in [0.3, 0.4) is 0 Å². The molecule has 0 fully saturated rings. The number of pyridine rings is 1. The molecule has 0 spiro atoms. The SMILES string of the molecule is CCOC(CCO)c1ccc(OCCN(C)c2ccccn2)cc1. The molecule has 0 saturated carbocycles. The van der Waals surface area contributed by atoms with Crippen LogP contribution in [-0.4, -0.2) is 43.5 Å². The molecule has 5 heteroatoms. The topological polar surface area (TPSA) is 54.8 Å². The highest BCUT2D eigenvalue weighted by molar-refractivity contribution is 5.36. The Bertz CT molecular complexity index is 569. The van der Waals surface area contributed by atoms with Crippen molar-refractivity contribution in [3.8, 4) is 5.75 Å². The molecule has 0 aliphatic rings. The third-order valence-corrected chi connectivity index (χ3v) is 3.75. The van der Waals surface area contributed by atoms with Crippen molar-refractivity contribution in [3.63, 3.8) is 0 Å². The zero-order valence-corrected chi connectivity index (χ0v) is 14.4. The van der Waals surface area contributed by atoms with Gasteiger partial charge in [-0.2, -0.15) is 0 Å². The number of ether oxygens (including phenoxy) is 2. The predicted octanol–water partition coefficient (Wildman–Crippen LogP) is 3.06. The molecule has 1 heterocycles. The van der Waals surface area contributed by atoms with E-state index >= 15 is 0 Å². The molecular formula is C19H26N2O3. The Hall–Kier alpha value is -2.11. The number of likely N-dealkylation sites (N-methyl/N-ethyl adjacent to an activating group) is 1. The van der Waals surface area contributed by atoms with Crippen molar-refractivity contribution in [3.05, 3.63) is 54.2 Å². The summed E-state index contributed by atoms with van der Waals surface area (Å²) in [4.78, 5) is 6.36. The molecule has 0 aliphatic carbocycles. The number of anilines is 1. The number of rotatable bonds is 10. The Kier molecular flexibility index (Phi) is 7.52. The van der Waals surface area contributed by atoms with Gasteiger partial charge in [0.15, 0.2) is 0 Å². The minimum Gasteiger partial charge on any atom is -0.492 e. The van der Waals surface area contributed by atoms with Crippen LogP contribution in [0.1, 0.15) is 25.0 Å². The Morgan fingerprint density at radius 3 is 2.58 bits per heavy atom. The molecule has 0 radical (unpaired) electrons. The van der Waals surface area contributed by atoms with Gasteiger partial charge >= 0.3 is 0 Å². The molecular weight excluding hydrogens is 304 g/mol. The maximum absolute atomic E-state index is 9.13. The van der Waals surface area contributed by atoms with Gasteiger partial charge in [0, 0.05) is 32.9 Å². The van der Waals surface area contributed by atoms with E-state index in [1.807, 2.05) is 56.4 Å². The summed E-state index contributed by atoms with van der Waals surface area (Å²) < 4.78 is 11.4. The number of hydrogen-bond acceptors (Lipinski definition) is 5. The van der Waals surface area contributed by atoms with Crippen molar-refractivity contribution in [1.29, 1.82) is 0 Å². The number of nitrogens with zero attached hydrogens (tertiary/aromatic N) is 2. The lowest BCUT2D eigenvalue weighted by molar-refractivity contribution is 0.0432. The van der Waals surface area contributed by atoms with Gasteiger partial charge < -0.3 is 19.5 Å². The molecule has 1 aromatic heterocycles. The summed E-state index contributed by atoms with van der Waals surface area (Å²) in [5, 5.41) is 9.13. The number of hydrogen-bond donors (Lipinski definition) is 1. The minimum absolute atomic E-state index is 0.0654. The molecule has 0 aliphatic heterocycles. The van der Waals surface area contributed by atoms with E-state index in [9.17, 15) is 0 Å². The van der Waals surface area contributed by atoms with Crippen LogP contribution in [0.4, 0.5) is 5.82 Å². The van der Waals surface area contributed by atoms with Crippen molar-refractivity contribution in [2.45, 2.75) is 19.4 Å². The van der Waals surface area contributed by atoms with Gasteiger partial charge in [-0.1, -0.05) is 18.2 Å². The summed E-state index contributed by atoms with van der Waals surface area (Å²) in [6, 6.07) is 13.7. The monoisotopic (exact) mass is 330 g/mol. The molecule has 130 valence electrons.